The number of rotatable bonds is 2. The van der Waals surface area contributed by atoms with Crippen LogP contribution in [0, 0.1) is 5.92 Å². The minimum Gasteiger partial charge on any atom is -0.450 e. The zero-order chi connectivity index (χ0) is 8.69. The van der Waals surface area contributed by atoms with Gasteiger partial charge in [0.25, 0.3) is 0 Å². The normalized spacial score (nSPS) is 16.1. The minimum atomic E-state index is -1.83. The van der Waals surface area contributed by atoms with Crippen LogP contribution in [-0.2, 0) is 0 Å². The highest BCUT2D eigenvalue weighted by Gasteiger charge is 2.14. The van der Waals surface area contributed by atoms with E-state index < -0.39 is 6.16 Å². The first-order chi connectivity index (χ1) is 5.16. The van der Waals surface area contributed by atoms with Gasteiger partial charge in [-0.25, -0.2) is 4.79 Å². The van der Waals surface area contributed by atoms with Gasteiger partial charge in [-0.3, -0.25) is 0 Å². The molecule has 0 aromatic carbocycles. The van der Waals surface area contributed by atoms with Gasteiger partial charge in [-0.15, -0.1) is 0 Å². The molecule has 3 nitrogen and oxygen atoms in total. The Balaban J connectivity index is 0.000000218. The lowest BCUT2D eigenvalue weighted by Crippen LogP contribution is -2.09. The molecule has 0 amide bonds. The predicted octanol–water partition coefficient (Wildman–Crippen LogP) is 2.81. The van der Waals surface area contributed by atoms with Crippen LogP contribution < -0.4 is 0 Å². The number of hydrogen-bond acceptors (Lipinski definition) is 1. The van der Waals surface area contributed by atoms with E-state index in [1.165, 1.54) is 32.1 Å². The molecule has 0 unspecified atom stereocenters. The van der Waals surface area contributed by atoms with E-state index in [2.05, 4.69) is 6.92 Å². The summed E-state index contributed by atoms with van der Waals surface area (Å²) < 4.78 is 0. The molecule has 0 spiro atoms. The lowest BCUT2D eigenvalue weighted by molar-refractivity contribution is 0.137. The van der Waals surface area contributed by atoms with Crippen LogP contribution in [0.5, 0.6) is 0 Å². The standard InChI is InChI=1S/C7H14.CH2O3/c1-2-4-7-5-3-6-7;2-1(3)4/h7H,2-6H2,1H3;(H2,2,3,4). The van der Waals surface area contributed by atoms with Crippen LogP contribution in [0.25, 0.3) is 0 Å². The van der Waals surface area contributed by atoms with Gasteiger partial charge >= 0.3 is 6.16 Å². The van der Waals surface area contributed by atoms with Gasteiger partial charge in [-0.05, 0) is 5.92 Å². The average molecular weight is 160 g/mol. The summed E-state index contributed by atoms with van der Waals surface area (Å²) in [5, 5.41) is 13.9. The highest BCUT2D eigenvalue weighted by Crippen LogP contribution is 2.29. The maximum absolute atomic E-state index is 8.56. The first-order valence-electron chi connectivity index (χ1n) is 4.08. The number of carbonyl (C=O) groups is 1. The van der Waals surface area contributed by atoms with Crippen molar-refractivity contribution in [1.29, 1.82) is 0 Å². The number of hydrogen-bond donors (Lipinski definition) is 2. The molecule has 1 fully saturated rings. The van der Waals surface area contributed by atoms with Crippen molar-refractivity contribution in [3.63, 3.8) is 0 Å². The molecule has 1 aliphatic carbocycles. The summed E-state index contributed by atoms with van der Waals surface area (Å²) in [5.74, 6) is 1.13. The highest BCUT2D eigenvalue weighted by atomic mass is 16.6. The van der Waals surface area contributed by atoms with E-state index in [1.807, 2.05) is 0 Å². The van der Waals surface area contributed by atoms with E-state index >= 15 is 0 Å². The quantitative estimate of drug-likeness (QED) is 0.653. The summed E-state index contributed by atoms with van der Waals surface area (Å²) in [6, 6.07) is 0. The van der Waals surface area contributed by atoms with Crippen molar-refractivity contribution in [1.82, 2.24) is 0 Å². The van der Waals surface area contributed by atoms with Crippen LogP contribution in [0.4, 0.5) is 4.79 Å². The van der Waals surface area contributed by atoms with Gasteiger partial charge in [0, 0.05) is 0 Å². The van der Waals surface area contributed by atoms with Crippen molar-refractivity contribution < 1.29 is 15.0 Å². The van der Waals surface area contributed by atoms with Crippen LogP contribution in [0.1, 0.15) is 39.0 Å². The molecular weight excluding hydrogens is 144 g/mol. The zero-order valence-electron chi connectivity index (χ0n) is 6.92. The molecule has 2 N–H and O–H groups in total. The second kappa shape index (κ2) is 6.01. The van der Waals surface area contributed by atoms with Crippen molar-refractivity contribution >= 4 is 6.16 Å². The Kier molecular flexibility index (Phi) is 5.61. The van der Waals surface area contributed by atoms with E-state index in [0.29, 0.717) is 0 Å². The van der Waals surface area contributed by atoms with Crippen LogP contribution in [-0.4, -0.2) is 16.4 Å². The molecule has 0 aromatic rings. The van der Waals surface area contributed by atoms with E-state index in [4.69, 9.17) is 15.0 Å². The summed E-state index contributed by atoms with van der Waals surface area (Å²) in [4.78, 5) is 8.56. The third-order valence-corrected chi connectivity index (χ3v) is 1.92. The first-order valence-corrected chi connectivity index (χ1v) is 4.08. The Morgan fingerprint density at radius 3 is 2.00 bits per heavy atom. The molecular formula is C8H16O3. The van der Waals surface area contributed by atoms with Gasteiger partial charge in [-0.1, -0.05) is 39.0 Å². The second-order valence-corrected chi connectivity index (χ2v) is 2.87. The van der Waals surface area contributed by atoms with Gasteiger partial charge in [0.1, 0.15) is 0 Å². The topological polar surface area (TPSA) is 57.5 Å². The van der Waals surface area contributed by atoms with Crippen LogP contribution in [0.2, 0.25) is 0 Å². The summed E-state index contributed by atoms with van der Waals surface area (Å²) in [6.07, 6.45) is 5.59. The fraction of sp³-hybridized carbons (Fsp3) is 0.875. The molecule has 0 aromatic heterocycles. The third-order valence-electron chi connectivity index (χ3n) is 1.92. The van der Waals surface area contributed by atoms with Crippen molar-refractivity contribution in [3.05, 3.63) is 0 Å². The molecule has 3 heteroatoms. The third kappa shape index (κ3) is 7.16. The van der Waals surface area contributed by atoms with Crippen molar-refractivity contribution in [3.8, 4) is 0 Å². The van der Waals surface area contributed by atoms with E-state index in [1.54, 1.807) is 0 Å². The zero-order valence-corrected chi connectivity index (χ0v) is 6.92. The smallest absolute Gasteiger partial charge is 0.450 e. The molecule has 0 bridgehead atoms. The Bertz CT molecular complexity index is 104. The SMILES string of the molecule is CCCC1CCC1.O=C(O)O. The fourth-order valence-corrected chi connectivity index (χ4v) is 1.19. The minimum absolute atomic E-state index is 1.13. The largest absolute Gasteiger partial charge is 0.503 e. The molecule has 11 heavy (non-hydrogen) atoms. The molecule has 0 heterocycles. The summed E-state index contributed by atoms with van der Waals surface area (Å²) in [7, 11) is 0. The number of carboxylic acid groups (broad SMARTS) is 2. The van der Waals surface area contributed by atoms with Crippen molar-refractivity contribution in [2.75, 3.05) is 0 Å². The van der Waals surface area contributed by atoms with Crippen molar-refractivity contribution in [2.45, 2.75) is 39.0 Å². The lowest BCUT2D eigenvalue weighted by atomic mass is 9.82. The summed E-state index contributed by atoms with van der Waals surface area (Å²) >= 11 is 0. The predicted molar refractivity (Wildman–Crippen MR) is 42.9 cm³/mol. The fourth-order valence-electron chi connectivity index (χ4n) is 1.19. The summed E-state index contributed by atoms with van der Waals surface area (Å²) in [5.41, 5.74) is 0. The van der Waals surface area contributed by atoms with Gasteiger partial charge in [-0.2, -0.15) is 0 Å². The van der Waals surface area contributed by atoms with Crippen LogP contribution >= 0.6 is 0 Å². The lowest BCUT2D eigenvalue weighted by Gasteiger charge is -2.24. The molecule has 66 valence electrons. The average Bonchev–Trinajstić information content (AvgIpc) is 1.77. The van der Waals surface area contributed by atoms with Gasteiger partial charge < -0.3 is 10.2 Å². The molecule has 0 aliphatic heterocycles. The Labute approximate surface area is 67.0 Å². The first kappa shape index (κ1) is 10.3. The van der Waals surface area contributed by atoms with Crippen molar-refractivity contribution in [2.24, 2.45) is 5.92 Å². The maximum Gasteiger partial charge on any atom is 0.503 e. The van der Waals surface area contributed by atoms with Gasteiger partial charge in [0.15, 0.2) is 0 Å². The van der Waals surface area contributed by atoms with Crippen LogP contribution in [0.15, 0.2) is 0 Å². The van der Waals surface area contributed by atoms with Gasteiger partial charge in [0.05, 0.1) is 0 Å². The molecule has 0 radical (unpaired) electrons. The summed E-state index contributed by atoms with van der Waals surface area (Å²) in [6.45, 7) is 2.28. The molecule has 1 aliphatic rings. The molecule has 0 saturated heterocycles. The highest BCUT2D eigenvalue weighted by molar-refractivity contribution is 5.53. The monoisotopic (exact) mass is 160 g/mol. The van der Waals surface area contributed by atoms with E-state index in [-0.39, 0.29) is 0 Å². The van der Waals surface area contributed by atoms with E-state index in [9.17, 15) is 0 Å². The molecule has 0 atom stereocenters. The van der Waals surface area contributed by atoms with Crippen LogP contribution in [0.3, 0.4) is 0 Å². The Morgan fingerprint density at radius 2 is 1.91 bits per heavy atom. The van der Waals surface area contributed by atoms with E-state index in [0.717, 1.165) is 5.92 Å². The Hall–Kier alpha value is -0.730. The molecule has 1 saturated carbocycles. The maximum atomic E-state index is 8.56. The van der Waals surface area contributed by atoms with Gasteiger partial charge in [0.2, 0.25) is 0 Å². The molecule has 1 rings (SSSR count). The Morgan fingerprint density at radius 1 is 1.45 bits per heavy atom. The second-order valence-electron chi connectivity index (χ2n) is 2.87.